The van der Waals surface area contributed by atoms with E-state index in [2.05, 4.69) is 25.4 Å². The summed E-state index contributed by atoms with van der Waals surface area (Å²) in [5.74, 6) is 1.46. The summed E-state index contributed by atoms with van der Waals surface area (Å²) in [7, 11) is 1.81. The number of hydrogen-bond acceptors (Lipinski definition) is 8. The third-order valence-electron chi connectivity index (χ3n) is 4.72. The summed E-state index contributed by atoms with van der Waals surface area (Å²) in [5, 5.41) is 7.91. The van der Waals surface area contributed by atoms with Crippen molar-refractivity contribution in [2.75, 3.05) is 25.5 Å². The smallest absolute Gasteiger partial charge is 0.265 e. The van der Waals surface area contributed by atoms with Gasteiger partial charge >= 0.3 is 0 Å². The van der Waals surface area contributed by atoms with Gasteiger partial charge in [-0.3, -0.25) is 9.78 Å². The summed E-state index contributed by atoms with van der Waals surface area (Å²) in [6.45, 7) is 3.22. The van der Waals surface area contributed by atoms with E-state index in [1.165, 1.54) is 11.3 Å². The molecule has 27 heavy (non-hydrogen) atoms. The molecule has 140 valence electrons. The Morgan fingerprint density at radius 1 is 1.26 bits per heavy atom. The van der Waals surface area contributed by atoms with Crippen molar-refractivity contribution in [3.8, 4) is 11.5 Å². The predicted octanol–water partition coefficient (Wildman–Crippen LogP) is 2.96. The van der Waals surface area contributed by atoms with Gasteiger partial charge in [-0.05, 0) is 31.9 Å². The van der Waals surface area contributed by atoms with Crippen molar-refractivity contribution in [3.63, 3.8) is 0 Å². The fourth-order valence-electron chi connectivity index (χ4n) is 3.20. The predicted molar refractivity (Wildman–Crippen MR) is 102 cm³/mol. The van der Waals surface area contributed by atoms with Gasteiger partial charge in [0.25, 0.3) is 11.8 Å². The normalized spacial score (nSPS) is 15.1. The number of hydrogen-bond donors (Lipinski definition) is 1. The standard InChI is InChI=1S/C18H20N6O2S/c1-11-14(27-18(19-2)21-11)17(25)24-9-5-12(6-10-24)15-22-16(26-23-15)13-3-7-20-8-4-13/h3-4,7-8,12H,5-6,9-10H2,1-2H3,(H,19,21). The minimum absolute atomic E-state index is 0.0514. The van der Waals surface area contributed by atoms with E-state index in [0.717, 1.165) is 29.2 Å². The maximum Gasteiger partial charge on any atom is 0.265 e. The van der Waals surface area contributed by atoms with Crippen LogP contribution >= 0.6 is 11.3 Å². The summed E-state index contributed by atoms with van der Waals surface area (Å²) in [6.07, 6.45) is 5.03. The van der Waals surface area contributed by atoms with E-state index in [0.29, 0.717) is 29.7 Å². The number of amides is 1. The van der Waals surface area contributed by atoms with Crippen LogP contribution in [0.4, 0.5) is 5.13 Å². The van der Waals surface area contributed by atoms with Crippen LogP contribution < -0.4 is 5.32 Å². The molecule has 4 heterocycles. The highest BCUT2D eigenvalue weighted by atomic mass is 32.1. The lowest BCUT2D eigenvalue weighted by molar-refractivity contribution is 0.0714. The lowest BCUT2D eigenvalue weighted by Gasteiger charge is -2.30. The first kappa shape index (κ1) is 17.6. The molecule has 3 aromatic heterocycles. The minimum Gasteiger partial charge on any atom is -0.365 e. The number of rotatable bonds is 4. The summed E-state index contributed by atoms with van der Waals surface area (Å²) in [5.41, 5.74) is 1.63. The van der Waals surface area contributed by atoms with Crippen molar-refractivity contribution in [1.29, 1.82) is 0 Å². The first-order valence-electron chi connectivity index (χ1n) is 8.84. The Labute approximate surface area is 160 Å². The highest BCUT2D eigenvalue weighted by Crippen LogP contribution is 2.30. The molecule has 1 aliphatic rings. The van der Waals surface area contributed by atoms with Gasteiger partial charge in [0.05, 0.1) is 5.69 Å². The van der Waals surface area contributed by atoms with Crippen molar-refractivity contribution >= 4 is 22.4 Å². The fourth-order valence-corrected chi connectivity index (χ4v) is 4.09. The molecule has 9 heteroatoms. The highest BCUT2D eigenvalue weighted by Gasteiger charge is 2.29. The molecular weight excluding hydrogens is 364 g/mol. The lowest BCUT2D eigenvalue weighted by Crippen LogP contribution is -2.38. The Kier molecular flexibility index (Phi) is 4.85. The Morgan fingerprint density at radius 2 is 2.00 bits per heavy atom. The molecule has 1 amide bonds. The third kappa shape index (κ3) is 3.55. The lowest BCUT2D eigenvalue weighted by atomic mass is 9.96. The number of nitrogens with one attached hydrogen (secondary N) is 1. The van der Waals surface area contributed by atoms with Gasteiger partial charge in [-0.25, -0.2) is 4.98 Å². The second-order valence-electron chi connectivity index (χ2n) is 6.44. The number of aryl methyl sites for hydroxylation is 1. The van der Waals surface area contributed by atoms with Crippen LogP contribution in [0.1, 0.15) is 39.9 Å². The first-order valence-corrected chi connectivity index (χ1v) is 9.66. The van der Waals surface area contributed by atoms with Crippen LogP contribution in [0.5, 0.6) is 0 Å². The van der Waals surface area contributed by atoms with E-state index >= 15 is 0 Å². The zero-order valence-corrected chi connectivity index (χ0v) is 16.0. The van der Waals surface area contributed by atoms with Crippen molar-refractivity contribution < 1.29 is 9.32 Å². The molecule has 0 spiro atoms. The number of piperidine rings is 1. The molecule has 0 bridgehead atoms. The summed E-state index contributed by atoms with van der Waals surface area (Å²) < 4.78 is 5.40. The summed E-state index contributed by atoms with van der Waals surface area (Å²) >= 11 is 1.40. The number of thiazole rings is 1. The van der Waals surface area contributed by atoms with Gasteiger partial charge in [-0.1, -0.05) is 16.5 Å². The average Bonchev–Trinajstić information content (AvgIpc) is 3.35. The molecule has 1 fully saturated rings. The average molecular weight is 384 g/mol. The second-order valence-corrected chi connectivity index (χ2v) is 7.44. The third-order valence-corrected chi connectivity index (χ3v) is 5.88. The Bertz CT molecular complexity index is 930. The van der Waals surface area contributed by atoms with Crippen LogP contribution in [0.15, 0.2) is 29.0 Å². The molecule has 1 N–H and O–H groups in total. The molecule has 0 atom stereocenters. The molecule has 0 saturated carbocycles. The van der Waals surface area contributed by atoms with Crippen LogP contribution in [0, 0.1) is 6.92 Å². The van der Waals surface area contributed by atoms with E-state index in [1.807, 2.05) is 31.0 Å². The molecule has 8 nitrogen and oxygen atoms in total. The molecule has 1 saturated heterocycles. The fraction of sp³-hybridized carbons (Fsp3) is 0.389. The maximum absolute atomic E-state index is 12.8. The van der Waals surface area contributed by atoms with E-state index in [9.17, 15) is 4.79 Å². The van der Waals surface area contributed by atoms with Crippen LogP contribution in [-0.4, -0.2) is 51.1 Å². The van der Waals surface area contributed by atoms with Gasteiger partial charge in [0.15, 0.2) is 11.0 Å². The second kappa shape index (κ2) is 7.43. The van der Waals surface area contributed by atoms with Gasteiger partial charge in [-0.2, -0.15) is 4.98 Å². The number of aromatic nitrogens is 4. The number of likely N-dealkylation sites (tertiary alicyclic amines) is 1. The molecule has 1 aliphatic heterocycles. The number of anilines is 1. The Morgan fingerprint density at radius 3 is 2.67 bits per heavy atom. The molecule has 0 unspecified atom stereocenters. The topological polar surface area (TPSA) is 97.0 Å². The molecule has 0 radical (unpaired) electrons. The van der Waals surface area contributed by atoms with E-state index in [-0.39, 0.29) is 11.8 Å². The largest absolute Gasteiger partial charge is 0.365 e. The van der Waals surface area contributed by atoms with Gasteiger partial charge < -0.3 is 14.7 Å². The maximum atomic E-state index is 12.8. The Balaban J connectivity index is 1.41. The zero-order valence-electron chi connectivity index (χ0n) is 15.2. The number of carbonyl (C=O) groups excluding carboxylic acids is 1. The van der Waals surface area contributed by atoms with E-state index in [4.69, 9.17) is 4.52 Å². The molecule has 0 aliphatic carbocycles. The van der Waals surface area contributed by atoms with Crippen LogP contribution in [0.3, 0.4) is 0 Å². The molecule has 3 aromatic rings. The minimum atomic E-state index is 0.0514. The summed E-state index contributed by atoms with van der Waals surface area (Å²) in [4.78, 5) is 28.3. The van der Waals surface area contributed by atoms with Gasteiger partial charge in [-0.15, -0.1) is 0 Å². The molecule has 4 rings (SSSR count). The van der Waals surface area contributed by atoms with E-state index < -0.39 is 0 Å². The van der Waals surface area contributed by atoms with Crippen molar-refractivity contribution in [2.24, 2.45) is 0 Å². The monoisotopic (exact) mass is 384 g/mol. The SMILES string of the molecule is CNc1nc(C)c(C(=O)N2CCC(c3noc(-c4ccncc4)n3)CC2)s1. The van der Waals surface area contributed by atoms with Gasteiger partial charge in [0.1, 0.15) is 4.88 Å². The van der Waals surface area contributed by atoms with Crippen molar-refractivity contribution in [2.45, 2.75) is 25.7 Å². The van der Waals surface area contributed by atoms with E-state index in [1.54, 1.807) is 12.4 Å². The van der Waals surface area contributed by atoms with Crippen LogP contribution in [0.2, 0.25) is 0 Å². The van der Waals surface area contributed by atoms with Crippen LogP contribution in [0.25, 0.3) is 11.5 Å². The first-order chi connectivity index (χ1) is 13.2. The Hall–Kier alpha value is -2.81. The molecular formula is C18H20N6O2S. The van der Waals surface area contributed by atoms with Gasteiger partial charge in [0, 0.05) is 44.0 Å². The van der Waals surface area contributed by atoms with Crippen molar-refractivity contribution in [3.05, 3.63) is 40.9 Å². The number of pyridine rings is 1. The van der Waals surface area contributed by atoms with Crippen LogP contribution in [-0.2, 0) is 0 Å². The quantitative estimate of drug-likeness (QED) is 0.738. The number of carbonyl (C=O) groups is 1. The number of nitrogens with zero attached hydrogens (tertiary/aromatic N) is 5. The summed E-state index contributed by atoms with van der Waals surface area (Å²) in [6, 6.07) is 3.69. The highest BCUT2D eigenvalue weighted by molar-refractivity contribution is 7.17. The zero-order chi connectivity index (χ0) is 18.8. The van der Waals surface area contributed by atoms with Crippen molar-refractivity contribution in [1.82, 2.24) is 25.0 Å². The van der Waals surface area contributed by atoms with Gasteiger partial charge in [0.2, 0.25) is 0 Å². The molecule has 0 aromatic carbocycles.